The van der Waals surface area contributed by atoms with E-state index in [4.69, 9.17) is 5.26 Å². The molecule has 0 fully saturated rings. The molecular formula is C8H6F3N. The van der Waals surface area contributed by atoms with Gasteiger partial charge in [0.25, 0.3) is 0 Å². The van der Waals surface area contributed by atoms with Gasteiger partial charge >= 0.3 is 0 Å². The molecule has 0 aromatic heterocycles. The topological polar surface area (TPSA) is 23.8 Å². The van der Waals surface area contributed by atoms with Crippen molar-refractivity contribution in [1.29, 1.82) is 5.26 Å². The minimum atomic E-state index is -0.896. The molecule has 0 aliphatic rings. The second-order valence-corrected chi connectivity index (χ2v) is 1.81. The van der Waals surface area contributed by atoms with E-state index >= 15 is 0 Å². The maximum atomic E-state index is 11.9. The average Bonchev–Trinajstić information content (AvgIpc) is 1.84. The van der Waals surface area contributed by atoms with E-state index in [9.17, 15) is 13.2 Å². The molecule has 1 aromatic carbocycles. The summed E-state index contributed by atoms with van der Waals surface area (Å²) in [7, 11) is 0. The zero-order valence-electron chi connectivity index (χ0n) is 6.31. The Morgan fingerprint density at radius 1 is 1.00 bits per heavy atom. The highest BCUT2D eigenvalue weighted by Gasteiger charge is 1.96. The van der Waals surface area contributed by atoms with Crippen LogP contribution < -0.4 is 0 Å². The Kier molecular flexibility index (Phi) is 4.54. The molecule has 64 valence electrons. The molecule has 0 aliphatic carbocycles. The van der Waals surface area contributed by atoms with Crippen molar-refractivity contribution >= 4 is 0 Å². The van der Waals surface area contributed by atoms with Crippen molar-refractivity contribution in [2.24, 2.45) is 0 Å². The number of halogens is 3. The van der Waals surface area contributed by atoms with Crippen molar-refractivity contribution in [1.82, 2.24) is 0 Å². The van der Waals surface area contributed by atoms with E-state index in [1.54, 1.807) is 6.07 Å². The summed E-state index contributed by atoms with van der Waals surface area (Å²) in [4.78, 5) is 0. The van der Waals surface area contributed by atoms with E-state index in [1.165, 1.54) is 6.92 Å². The van der Waals surface area contributed by atoms with Gasteiger partial charge in [-0.2, -0.15) is 5.26 Å². The molecule has 0 spiro atoms. The maximum Gasteiger partial charge on any atom is 0.129 e. The van der Waals surface area contributed by atoms with Crippen molar-refractivity contribution in [2.75, 3.05) is 0 Å². The Morgan fingerprint density at radius 2 is 1.17 bits per heavy atom. The smallest absolute Gasteiger partial charge is 0.129 e. The molecule has 0 aliphatic heterocycles. The number of nitriles is 1. The lowest BCUT2D eigenvalue weighted by atomic mass is 10.3. The molecule has 4 heteroatoms. The SMILES string of the molecule is CC#N.Fc1cc(F)cc(F)c1. The minimum Gasteiger partial charge on any atom is -0.207 e. The molecule has 12 heavy (non-hydrogen) atoms. The van der Waals surface area contributed by atoms with Gasteiger partial charge in [0.1, 0.15) is 17.5 Å². The Morgan fingerprint density at radius 3 is 1.33 bits per heavy atom. The van der Waals surface area contributed by atoms with Gasteiger partial charge in [-0.15, -0.1) is 0 Å². The molecular weight excluding hydrogens is 167 g/mol. The normalized spacial score (nSPS) is 7.92. The third kappa shape index (κ3) is 4.34. The van der Waals surface area contributed by atoms with Crippen molar-refractivity contribution < 1.29 is 13.2 Å². The molecule has 1 rings (SSSR count). The summed E-state index contributed by atoms with van der Waals surface area (Å²) in [5, 5.41) is 7.32. The summed E-state index contributed by atoms with van der Waals surface area (Å²) < 4.78 is 35.8. The van der Waals surface area contributed by atoms with Crippen LogP contribution in [0.3, 0.4) is 0 Å². The zero-order chi connectivity index (χ0) is 9.56. The number of hydrogen-bond donors (Lipinski definition) is 0. The summed E-state index contributed by atoms with van der Waals surface area (Å²) in [5.41, 5.74) is 0. The second-order valence-electron chi connectivity index (χ2n) is 1.81. The van der Waals surface area contributed by atoms with E-state index < -0.39 is 17.5 Å². The van der Waals surface area contributed by atoms with Crippen LogP contribution in [0.25, 0.3) is 0 Å². The average molecular weight is 173 g/mol. The molecule has 1 aromatic rings. The predicted molar refractivity (Wildman–Crippen MR) is 37.6 cm³/mol. The van der Waals surface area contributed by atoms with E-state index in [2.05, 4.69) is 0 Å². The standard InChI is InChI=1S/C6H3F3.C2H3N/c7-4-1-5(8)3-6(9)2-4;1-2-3/h1-3H;1H3. The Labute approximate surface area is 68.1 Å². The van der Waals surface area contributed by atoms with Crippen LogP contribution in [0.5, 0.6) is 0 Å². The van der Waals surface area contributed by atoms with Crippen molar-refractivity contribution in [3.8, 4) is 6.07 Å². The summed E-state index contributed by atoms with van der Waals surface area (Å²) >= 11 is 0. The molecule has 0 unspecified atom stereocenters. The fourth-order valence-electron chi connectivity index (χ4n) is 0.520. The number of nitrogens with zero attached hydrogens (tertiary/aromatic N) is 1. The molecule has 1 nitrogen and oxygen atoms in total. The Hall–Kier alpha value is -1.50. The number of rotatable bonds is 0. The third-order valence-corrected chi connectivity index (χ3v) is 0.827. The van der Waals surface area contributed by atoms with Gasteiger partial charge in [-0.1, -0.05) is 0 Å². The van der Waals surface area contributed by atoms with Gasteiger partial charge in [0, 0.05) is 25.1 Å². The molecule has 0 saturated heterocycles. The van der Waals surface area contributed by atoms with Crippen molar-refractivity contribution in [3.63, 3.8) is 0 Å². The first-order chi connectivity index (χ1) is 5.60. The first-order valence-corrected chi connectivity index (χ1v) is 3.02. The maximum absolute atomic E-state index is 11.9. The van der Waals surface area contributed by atoms with E-state index in [-0.39, 0.29) is 0 Å². The molecule has 0 bridgehead atoms. The Balaban J connectivity index is 0.000000354. The first kappa shape index (κ1) is 10.5. The van der Waals surface area contributed by atoms with Crippen LogP contribution in [-0.4, -0.2) is 0 Å². The summed E-state index contributed by atoms with van der Waals surface area (Å²) in [6.45, 7) is 1.43. The fraction of sp³-hybridized carbons (Fsp3) is 0.125. The molecule has 0 atom stereocenters. The molecule has 0 radical (unpaired) electrons. The van der Waals surface area contributed by atoms with Gasteiger partial charge in [0.15, 0.2) is 0 Å². The lowest BCUT2D eigenvalue weighted by Gasteiger charge is -1.88. The predicted octanol–water partition coefficient (Wildman–Crippen LogP) is 2.63. The highest BCUT2D eigenvalue weighted by molar-refractivity contribution is 5.07. The molecule has 0 heterocycles. The largest absolute Gasteiger partial charge is 0.207 e. The first-order valence-electron chi connectivity index (χ1n) is 3.02. The van der Waals surface area contributed by atoms with E-state index in [0.29, 0.717) is 18.2 Å². The Bertz CT molecular complexity index is 240. The monoisotopic (exact) mass is 173 g/mol. The number of hydrogen-bond acceptors (Lipinski definition) is 1. The summed E-state index contributed by atoms with van der Waals surface area (Å²) in [6.07, 6.45) is 0. The van der Waals surface area contributed by atoms with Crippen LogP contribution in [0, 0.1) is 28.8 Å². The molecule has 0 amide bonds. The van der Waals surface area contributed by atoms with Crippen molar-refractivity contribution in [3.05, 3.63) is 35.7 Å². The summed E-state index contributed by atoms with van der Waals surface area (Å²) in [5.74, 6) is -2.69. The van der Waals surface area contributed by atoms with Crippen LogP contribution in [0.4, 0.5) is 13.2 Å². The van der Waals surface area contributed by atoms with Crippen molar-refractivity contribution in [2.45, 2.75) is 6.92 Å². The lowest BCUT2D eigenvalue weighted by molar-refractivity contribution is 0.543. The van der Waals surface area contributed by atoms with Gasteiger partial charge in [-0.25, -0.2) is 13.2 Å². The highest BCUT2D eigenvalue weighted by atomic mass is 19.1. The van der Waals surface area contributed by atoms with Gasteiger partial charge in [-0.05, 0) is 0 Å². The molecule has 0 saturated carbocycles. The van der Waals surface area contributed by atoms with Gasteiger partial charge in [-0.3, -0.25) is 0 Å². The number of benzene rings is 1. The summed E-state index contributed by atoms with van der Waals surface area (Å²) in [6, 6.07) is 3.59. The van der Waals surface area contributed by atoms with Crippen LogP contribution in [0.1, 0.15) is 6.92 Å². The third-order valence-electron chi connectivity index (χ3n) is 0.827. The fourth-order valence-corrected chi connectivity index (χ4v) is 0.520. The van der Waals surface area contributed by atoms with Crippen LogP contribution in [0.15, 0.2) is 18.2 Å². The quantitative estimate of drug-likeness (QED) is 0.591. The van der Waals surface area contributed by atoms with Crippen LogP contribution in [-0.2, 0) is 0 Å². The van der Waals surface area contributed by atoms with Crippen LogP contribution >= 0.6 is 0 Å². The van der Waals surface area contributed by atoms with E-state index in [0.717, 1.165) is 0 Å². The van der Waals surface area contributed by atoms with Crippen LogP contribution in [0.2, 0.25) is 0 Å². The van der Waals surface area contributed by atoms with Gasteiger partial charge in [0.2, 0.25) is 0 Å². The second kappa shape index (κ2) is 5.19. The van der Waals surface area contributed by atoms with E-state index in [1.807, 2.05) is 0 Å². The zero-order valence-corrected chi connectivity index (χ0v) is 6.31. The lowest BCUT2D eigenvalue weighted by Crippen LogP contribution is -1.81. The van der Waals surface area contributed by atoms with Gasteiger partial charge < -0.3 is 0 Å². The minimum absolute atomic E-state index is 0.614. The van der Waals surface area contributed by atoms with Gasteiger partial charge in [0.05, 0.1) is 6.07 Å². The highest BCUT2D eigenvalue weighted by Crippen LogP contribution is 2.04. The molecule has 0 N–H and O–H groups in total.